The predicted octanol–water partition coefficient (Wildman–Crippen LogP) is 3.08. The quantitative estimate of drug-likeness (QED) is 0.873. The summed E-state index contributed by atoms with van der Waals surface area (Å²) in [5, 5.41) is 0.612. The van der Waals surface area contributed by atoms with Crippen molar-refractivity contribution in [2.45, 2.75) is 12.6 Å². The van der Waals surface area contributed by atoms with Crippen molar-refractivity contribution in [3.63, 3.8) is 0 Å². The van der Waals surface area contributed by atoms with Crippen molar-refractivity contribution in [2.75, 3.05) is 0 Å². The smallest absolute Gasteiger partial charge is 0.327 e. The van der Waals surface area contributed by atoms with Gasteiger partial charge < -0.3 is 10.5 Å². The lowest BCUT2D eigenvalue weighted by Gasteiger charge is -2.11. The second-order valence-electron chi connectivity index (χ2n) is 4.13. The van der Waals surface area contributed by atoms with E-state index in [1.165, 1.54) is 0 Å². The maximum absolute atomic E-state index is 11.8. The Morgan fingerprint density at radius 2 is 1.89 bits per heavy atom. The van der Waals surface area contributed by atoms with Gasteiger partial charge in [0.15, 0.2) is 0 Å². The molecule has 1 atom stereocenters. The molecule has 2 aromatic carbocycles. The zero-order valence-electron chi connectivity index (χ0n) is 10.3. The van der Waals surface area contributed by atoms with E-state index in [2.05, 4.69) is 0 Å². The minimum Gasteiger partial charge on any atom is -0.459 e. The Kier molecular flexibility index (Phi) is 4.55. The molecule has 0 spiro atoms. The van der Waals surface area contributed by atoms with E-state index in [0.29, 0.717) is 5.02 Å². The number of benzene rings is 2. The molecular weight excluding hydrogens is 262 g/mol. The summed E-state index contributed by atoms with van der Waals surface area (Å²) in [5.41, 5.74) is 7.40. The van der Waals surface area contributed by atoms with Crippen LogP contribution >= 0.6 is 11.6 Å². The van der Waals surface area contributed by atoms with Gasteiger partial charge in [0, 0.05) is 5.02 Å². The lowest BCUT2D eigenvalue weighted by molar-refractivity contribution is -0.146. The molecule has 0 aromatic heterocycles. The Morgan fingerprint density at radius 3 is 2.58 bits per heavy atom. The van der Waals surface area contributed by atoms with Crippen LogP contribution < -0.4 is 5.73 Å². The van der Waals surface area contributed by atoms with Crippen molar-refractivity contribution < 1.29 is 9.53 Å². The normalized spacial score (nSPS) is 11.9. The molecule has 0 unspecified atom stereocenters. The molecule has 2 rings (SSSR count). The zero-order chi connectivity index (χ0) is 13.7. The number of hydrogen-bond acceptors (Lipinski definition) is 3. The molecule has 0 fully saturated rings. The molecule has 4 heteroatoms. The molecule has 0 saturated carbocycles. The van der Waals surface area contributed by atoms with Crippen molar-refractivity contribution in [3.8, 4) is 0 Å². The highest BCUT2D eigenvalue weighted by Crippen LogP contribution is 2.14. The maximum Gasteiger partial charge on any atom is 0.327 e. The molecule has 0 aliphatic heterocycles. The minimum absolute atomic E-state index is 0.167. The van der Waals surface area contributed by atoms with Crippen LogP contribution in [-0.4, -0.2) is 5.97 Å². The summed E-state index contributed by atoms with van der Waals surface area (Å²) in [6.07, 6.45) is 0. The first-order chi connectivity index (χ1) is 9.16. The lowest BCUT2D eigenvalue weighted by Crippen LogP contribution is -2.23. The van der Waals surface area contributed by atoms with Gasteiger partial charge in [-0.05, 0) is 23.3 Å². The fourth-order valence-corrected chi connectivity index (χ4v) is 1.88. The maximum atomic E-state index is 11.8. The highest BCUT2D eigenvalue weighted by atomic mass is 35.5. The predicted molar refractivity (Wildman–Crippen MR) is 74.6 cm³/mol. The minimum atomic E-state index is -0.764. The van der Waals surface area contributed by atoms with Crippen LogP contribution in [0.1, 0.15) is 17.2 Å². The first-order valence-electron chi connectivity index (χ1n) is 5.88. The number of carbonyl (C=O) groups excluding carboxylic acids is 1. The number of rotatable bonds is 4. The van der Waals surface area contributed by atoms with Crippen LogP contribution in [0.5, 0.6) is 0 Å². The van der Waals surface area contributed by atoms with E-state index in [-0.39, 0.29) is 6.61 Å². The molecule has 0 heterocycles. The summed E-state index contributed by atoms with van der Waals surface area (Å²) in [6, 6.07) is 15.5. The first kappa shape index (κ1) is 13.6. The van der Waals surface area contributed by atoms with E-state index in [9.17, 15) is 4.79 Å². The fraction of sp³-hybridized carbons (Fsp3) is 0.133. The summed E-state index contributed by atoms with van der Waals surface area (Å²) in [7, 11) is 0. The Morgan fingerprint density at radius 1 is 1.16 bits per heavy atom. The zero-order valence-corrected chi connectivity index (χ0v) is 11.0. The largest absolute Gasteiger partial charge is 0.459 e. The van der Waals surface area contributed by atoms with Gasteiger partial charge in [-0.3, -0.25) is 0 Å². The Hall–Kier alpha value is -1.84. The number of nitrogens with two attached hydrogens (primary N) is 1. The fourth-order valence-electron chi connectivity index (χ4n) is 1.67. The van der Waals surface area contributed by atoms with Gasteiger partial charge >= 0.3 is 5.97 Å². The van der Waals surface area contributed by atoms with E-state index in [0.717, 1.165) is 11.1 Å². The van der Waals surface area contributed by atoms with Gasteiger partial charge in [-0.15, -0.1) is 0 Å². The molecule has 19 heavy (non-hydrogen) atoms. The van der Waals surface area contributed by atoms with E-state index in [1.807, 2.05) is 30.3 Å². The highest BCUT2D eigenvalue weighted by Gasteiger charge is 2.16. The third-order valence-corrected chi connectivity index (χ3v) is 2.92. The van der Waals surface area contributed by atoms with Gasteiger partial charge in [-0.2, -0.15) is 0 Å². The SMILES string of the molecule is N[C@H](C(=O)OCc1cccc(Cl)c1)c1ccccc1. The van der Waals surface area contributed by atoms with Crippen LogP contribution in [0.2, 0.25) is 5.02 Å². The third kappa shape index (κ3) is 3.81. The van der Waals surface area contributed by atoms with Crippen LogP contribution in [0.25, 0.3) is 0 Å². The molecule has 0 radical (unpaired) electrons. The van der Waals surface area contributed by atoms with Gasteiger partial charge in [-0.1, -0.05) is 54.1 Å². The van der Waals surface area contributed by atoms with Crippen LogP contribution in [0, 0.1) is 0 Å². The highest BCUT2D eigenvalue weighted by molar-refractivity contribution is 6.30. The second kappa shape index (κ2) is 6.36. The molecule has 98 valence electrons. The van der Waals surface area contributed by atoms with E-state index in [1.54, 1.807) is 24.3 Å². The summed E-state index contributed by atoms with van der Waals surface area (Å²) < 4.78 is 5.18. The monoisotopic (exact) mass is 275 g/mol. The number of ether oxygens (including phenoxy) is 1. The number of esters is 1. The van der Waals surface area contributed by atoms with Crippen molar-refractivity contribution in [1.82, 2.24) is 0 Å². The average molecular weight is 276 g/mol. The van der Waals surface area contributed by atoms with Gasteiger partial charge in [0.25, 0.3) is 0 Å². The topological polar surface area (TPSA) is 52.3 Å². The number of carbonyl (C=O) groups is 1. The van der Waals surface area contributed by atoms with Gasteiger partial charge in [0.1, 0.15) is 12.6 Å². The number of hydrogen-bond donors (Lipinski definition) is 1. The molecule has 2 aromatic rings. The van der Waals surface area contributed by atoms with Crippen LogP contribution in [-0.2, 0) is 16.1 Å². The molecule has 3 nitrogen and oxygen atoms in total. The van der Waals surface area contributed by atoms with Crippen LogP contribution in [0.4, 0.5) is 0 Å². The van der Waals surface area contributed by atoms with E-state index in [4.69, 9.17) is 22.1 Å². The Balaban J connectivity index is 1.95. The number of halogens is 1. The average Bonchev–Trinajstić information content (AvgIpc) is 2.45. The van der Waals surface area contributed by atoms with Gasteiger partial charge in [0.05, 0.1) is 0 Å². The molecule has 0 aliphatic carbocycles. The third-order valence-electron chi connectivity index (χ3n) is 2.68. The molecule has 0 amide bonds. The standard InChI is InChI=1S/C15H14ClNO2/c16-13-8-4-5-11(9-13)10-19-15(18)14(17)12-6-2-1-3-7-12/h1-9,14H,10,17H2/t14-/m0/s1. The van der Waals surface area contributed by atoms with Gasteiger partial charge in [0.2, 0.25) is 0 Å². The lowest BCUT2D eigenvalue weighted by atomic mass is 10.1. The Labute approximate surface area is 117 Å². The summed E-state index contributed by atoms with van der Waals surface area (Å²) in [5.74, 6) is -0.453. The Bertz CT molecular complexity index is 557. The van der Waals surface area contributed by atoms with Gasteiger partial charge in [-0.25, -0.2) is 4.79 Å². The molecule has 2 N–H and O–H groups in total. The molecule has 0 bridgehead atoms. The summed E-state index contributed by atoms with van der Waals surface area (Å²) in [6.45, 7) is 0.167. The summed E-state index contributed by atoms with van der Waals surface area (Å²) >= 11 is 5.85. The van der Waals surface area contributed by atoms with Crippen LogP contribution in [0.3, 0.4) is 0 Å². The van der Waals surface area contributed by atoms with Crippen molar-refractivity contribution in [3.05, 3.63) is 70.7 Å². The summed E-state index contributed by atoms with van der Waals surface area (Å²) in [4.78, 5) is 11.8. The molecular formula is C15H14ClNO2. The second-order valence-corrected chi connectivity index (χ2v) is 4.56. The van der Waals surface area contributed by atoms with E-state index < -0.39 is 12.0 Å². The van der Waals surface area contributed by atoms with Crippen molar-refractivity contribution in [1.29, 1.82) is 0 Å². The molecule has 0 aliphatic rings. The van der Waals surface area contributed by atoms with Crippen LogP contribution in [0.15, 0.2) is 54.6 Å². The van der Waals surface area contributed by atoms with E-state index >= 15 is 0 Å². The van der Waals surface area contributed by atoms with Crippen molar-refractivity contribution >= 4 is 17.6 Å². The van der Waals surface area contributed by atoms with Crippen molar-refractivity contribution in [2.24, 2.45) is 5.73 Å². The molecule has 0 saturated heterocycles. The first-order valence-corrected chi connectivity index (χ1v) is 6.26.